The molecule has 16 heavy (non-hydrogen) atoms. The molecule has 0 amide bonds. The molecular weight excluding hydrogens is 327 g/mol. The van der Waals surface area contributed by atoms with Crippen LogP contribution in [0.1, 0.15) is 0 Å². The molecule has 0 aliphatic rings. The summed E-state index contributed by atoms with van der Waals surface area (Å²) in [6.07, 6.45) is 0. The molecule has 0 aromatic heterocycles. The van der Waals surface area contributed by atoms with E-state index >= 15 is 0 Å². The van der Waals surface area contributed by atoms with Crippen molar-refractivity contribution >= 4 is 41.0 Å². The van der Waals surface area contributed by atoms with Gasteiger partial charge in [0.1, 0.15) is 0 Å². The van der Waals surface area contributed by atoms with E-state index < -0.39 is 29.9 Å². The number of rotatable bonds is 3. The van der Waals surface area contributed by atoms with Gasteiger partial charge in [0.2, 0.25) is 0 Å². The summed E-state index contributed by atoms with van der Waals surface area (Å²) in [7, 11) is -14.1. The summed E-state index contributed by atoms with van der Waals surface area (Å²) in [6, 6.07) is 0. The Labute approximate surface area is 118 Å². The molecule has 0 rings (SSSR count). The molecule has 1 unspecified atom stereocenters. The largest absolute Gasteiger partial charge is 1.00 e. The molecule has 0 saturated heterocycles. The summed E-state index contributed by atoms with van der Waals surface area (Å²) in [4.78, 5) is 0. The van der Waals surface area contributed by atoms with Crippen LogP contribution in [0, 0.1) is 0 Å². The van der Waals surface area contributed by atoms with Crippen LogP contribution in [0.4, 0.5) is 0 Å². The second kappa shape index (κ2) is 8.19. The summed E-state index contributed by atoms with van der Waals surface area (Å²) in [5, 5.41) is 0. The molecule has 0 aliphatic heterocycles. The van der Waals surface area contributed by atoms with Gasteiger partial charge < -0.3 is 9.11 Å². The maximum atomic E-state index is 9.51. The Morgan fingerprint density at radius 1 is 0.875 bits per heavy atom. The van der Waals surface area contributed by atoms with Gasteiger partial charge in [-0.3, -0.25) is 9.11 Å². The first-order valence-corrected chi connectivity index (χ1v) is 7.31. The zero-order chi connectivity index (χ0) is 12.9. The number of hydrogen-bond acceptors (Lipinski definition) is 9. The third kappa shape index (κ3) is 45.9. The van der Waals surface area contributed by atoms with Gasteiger partial charge in [-0.2, -0.15) is 16.8 Å². The maximum Gasteiger partial charge on any atom is 1.00 e. The van der Waals surface area contributed by atoms with Crippen LogP contribution in [0.3, 0.4) is 0 Å². The van der Waals surface area contributed by atoms with Crippen molar-refractivity contribution < 1.29 is 77.5 Å². The van der Waals surface area contributed by atoms with Crippen LogP contribution in [0.2, 0.25) is 0 Å². The SMILES string of the molecule is O=S(=O)(O)OOS(=O)(=O)O.O=S([O-])(O)=S.[Na+]. The zero-order valence-electron chi connectivity index (χ0n) is 7.24. The molecule has 0 aromatic rings. The van der Waals surface area contributed by atoms with Gasteiger partial charge in [0, 0.05) is 0 Å². The van der Waals surface area contributed by atoms with Crippen LogP contribution in [-0.2, 0) is 49.7 Å². The normalized spacial score (nSPS) is 15.0. The van der Waals surface area contributed by atoms with Gasteiger partial charge in [-0.05, 0) is 11.2 Å². The smallest absolute Gasteiger partial charge is 0.748 e. The quantitative estimate of drug-likeness (QED) is 0.193. The predicted molar refractivity (Wildman–Crippen MR) is 44.2 cm³/mol. The van der Waals surface area contributed by atoms with Crippen LogP contribution in [-0.4, -0.2) is 39.3 Å². The molecule has 0 radical (unpaired) electrons. The molecule has 0 heterocycles. The standard InChI is InChI=1S/Na.H2O8S2.H2O3S2/c;1-9(2,3)7-8-10(4,5)6;1-5(2,3)4/h;(H,1,2,3)(H,4,5,6);(H2,1,2,3,4)/q+1;;/p-1. The van der Waals surface area contributed by atoms with Gasteiger partial charge in [-0.1, -0.05) is 8.67 Å². The average Bonchev–Trinajstić information content (AvgIpc) is 1.76. The summed E-state index contributed by atoms with van der Waals surface area (Å²) in [5.41, 5.74) is 0. The van der Waals surface area contributed by atoms with E-state index in [0.717, 1.165) is 0 Å². The van der Waals surface area contributed by atoms with Gasteiger partial charge >= 0.3 is 50.4 Å². The second-order valence-corrected chi connectivity index (χ2v) is 5.52. The van der Waals surface area contributed by atoms with E-state index in [0.29, 0.717) is 0 Å². The summed E-state index contributed by atoms with van der Waals surface area (Å²) in [6.45, 7) is 0. The second-order valence-electron chi connectivity index (χ2n) is 1.42. The molecule has 0 fully saturated rings. The maximum absolute atomic E-state index is 9.51. The zero-order valence-corrected chi connectivity index (χ0v) is 12.5. The van der Waals surface area contributed by atoms with E-state index in [4.69, 9.17) is 22.4 Å². The fourth-order valence-corrected chi connectivity index (χ4v) is 0.632. The van der Waals surface area contributed by atoms with Gasteiger partial charge in [-0.25, -0.2) is 4.21 Å². The third-order valence-electron chi connectivity index (χ3n) is 0.200. The van der Waals surface area contributed by atoms with E-state index in [2.05, 4.69) is 19.9 Å². The first kappa shape index (κ1) is 22.2. The minimum atomic E-state index is -5.02. The summed E-state index contributed by atoms with van der Waals surface area (Å²) < 4.78 is 84.2. The van der Waals surface area contributed by atoms with Crippen molar-refractivity contribution in [2.75, 3.05) is 0 Å². The Hall–Kier alpha value is 1.03. The molecule has 0 saturated carbocycles. The average molecular weight is 330 g/mol. The minimum Gasteiger partial charge on any atom is -0.748 e. The van der Waals surface area contributed by atoms with E-state index in [1.54, 1.807) is 0 Å². The molecule has 0 bridgehead atoms. The topological polar surface area (TPSA) is 188 Å². The Morgan fingerprint density at radius 3 is 1.06 bits per heavy atom. The first-order valence-electron chi connectivity index (χ1n) is 2.21. The third-order valence-corrected chi connectivity index (χ3v) is 0.766. The van der Waals surface area contributed by atoms with Gasteiger partial charge in [-0.15, -0.1) is 0 Å². The molecule has 0 aromatic carbocycles. The van der Waals surface area contributed by atoms with E-state index in [1.807, 2.05) is 0 Å². The summed E-state index contributed by atoms with van der Waals surface area (Å²) in [5.74, 6) is 0. The molecule has 0 spiro atoms. The van der Waals surface area contributed by atoms with Crippen molar-refractivity contribution in [2.45, 2.75) is 0 Å². The van der Waals surface area contributed by atoms with Crippen molar-refractivity contribution in [3.63, 3.8) is 0 Å². The number of hydrogen-bond donors (Lipinski definition) is 3. The van der Waals surface area contributed by atoms with Gasteiger partial charge in [0.25, 0.3) is 0 Å². The summed E-state index contributed by atoms with van der Waals surface area (Å²) >= 11 is 3.35. The van der Waals surface area contributed by atoms with E-state index in [-0.39, 0.29) is 29.6 Å². The van der Waals surface area contributed by atoms with Crippen molar-refractivity contribution in [1.29, 1.82) is 0 Å². The Morgan fingerprint density at radius 2 is 1.00 bits per heavy atom. The van der Waals surface area contributed by atoms with Crippen LogP contribution in [0.15, 0.2) is 0 Å². The van der Waals surface area contributed by atoms with Gasteiger partial charge in [0.15, 0.2) is 0 Å². The molecule has 16 heteroatoms. The fourth-order valence-electron chi connectivity index (χ4n) is 0.0702. The molecular formula is H3NaO11S4. The van der Waals surface area contributed by atoms with Crippen molar-refractivity contribution in [3.05, 3.63) is 0 Å². The molecule has 0 aliphatic carbocycles. The monoisotopic (exact) mass is 330 g/mol. The van der Waals surface area contributed by atoms with Crippen LogP contribution in [0.5, 0.6) is 0 Å². The first-order chi connectivity index (χ1) is 6.21. The minimum absolute atomic E-state index is 0. The fraction of sp³-hybridized carbons (Fsp3) is 0. The molecule has 3 N–H and O–H groups in total. The Kier molecular flexibility index (Phi) is 11.4. The van der Waals surface area contributed by atoms with Crippen LogP contribution in [0.25, 0.3) is 0 Å². The molecule has 11 nitrogen and oxygen atoms in total. The van der Waals surface area contributed by atoms with Crippen molar-refractivity contribution in [2.24, 2.45) is 0 Å². The van der Waals surface area contributed by atoms with Gasteiger partial charge in [0.05, 0.1) is 9.05 Å². The van der Waals surface area contributed by atoms with E-state index in [9.17, 15) is 16.8 Å². The Balaban J connectivity index is -0.000000242. The molecule has 1 atom stereocenters. The molecule has 94 valence electrons. The predicted octanol–water partition coefficient (Wildman–Crippen LogP) is -5.12. The van der Waals surface area contributed by atoms with Crippen LogP contribution >= 0.6 is 0 Å². The van der Waals surface area contributed by atoms with Crippen molar-refractivity contribution in [3.8, 4) is 0 Å². The van der Waals surface area contributed by atoms with Crippen LogP contribution < -0.4 is 29.6 Å². The van der Waals surface area contributed by atoms with E-state index in [1.165, 1.54) is 0 Å². The van der Waals surface area contributed by atoms with Crippen molar-refractivity contribution in [1.82, 2.24) is 0 Å². The Bertz CT molecular complexity index is 422.